The van der Waals surface area contributed by atoms with Gasteiger partial charge in [0.2, 0.25) is 15.9 Å². The number of anilines is 1. The van der Waals surface area contributed by atoms with Crippen LogP contribution in [0.15, 0.2) is 47.6 Å². The summed E-state index contributed by atoms with van der Waals surface area (Å²) in [6.07, 6.45) is 3.25. The topological polar surface area (TPSA) is 79.4 Å². The van der Waals surface area contributed by atoms with Gasteiger partial charge in [-0.2, -0.15) is 0 Å². The van der Waals surface area contributed by atoms with E-state index in [1.807, 2.05) is 0 Å². The van der Waals surface area contributed by atoms with Crippen molar-refractivity contribution in [3.05, 3.63) is 53.9 Å². The van der Waals surface area contributed by atoms with Crippen LogP contribution in [0, 0.1) is 0 Å². The Morgan fingerprint density at radius 1 is 1.16 bits per heavy atom. The molecular formula is C18H21N3O3S. The van der Waals surface area contributed by atoms with E-state index in [-0.39, 0.29) is 10.8 Å². The molecular weight excluding hydrogens is 338 g/mol. The third-order valence-electron chi connectivity index (χ3n) is 4.69. The summed E-state index contributed by atoms with van der Waals surface area (Å²) < 4.78 is 28.2. The Bertz CT molecular complexity index is 924. The summed E-state index contributed by atoms with van der Waals surface area (Å²) in [5.74, 6) is -0.0461. The zero-order valence-electron chi connectivity index (χ0n) is 14.6. The second kappa shape index (κ2) is 5.93. The molecule has 132 valence electrons. The first kappa shape index (κ1) is 17.6. The van der Waals surface area contributed by atoms with E-state index in [9.17, 15) is 13.2 Å². The number of sulfonamides is 1. The Morgan fingerprint density at radius 3 is 2.44 bits per heavy atom. The van der Waals surface area contributed by atoms with Gasteiger partial charge in [-0.05, 0) is 62.2 Å². The minimum Gasteiger partial charge on any atom is -0.314 e. The Labute approximate surface area is 147 Å². The monoisotopic (exact) mass is 359 g/mol. The lowest BCUT2D eigenvalue weighted by Gasteiger charge is -2.18. The molecule has 25 heavy (non-hydrogen) atoms. The van der Waals surface area contributed by atoms with Gasteiger partial charge in [-0.15, -0.1) is 0 Å². The highest BCUT2D eigenvalue weighted by atomic mass is 32.2. The van der Waals surface area contributed by atoms with Crippen molar-refractivity contribution in [2.45, 2.75) is 37.1 Å². The molecule has 2 heterocycles. The van der Waals surface area contributed by atoms with Gasteiger partial charge in [0.25, 0.3) is 0 Å². The molecule has 1 amide bonds. The predicted octanol–water partition coefficient (Wildman–Crippen LogP) is 2.38. The molecule has 0 fully saturated rings. The van der Waals surface area contributed by atoms with E-state index in [0.717, 1.165) is 16.8 Å². The van der Waals surface area contributed by atoms with E-state index < -0.39 is 21.5 Å². The Morgan fingerprint density at radius 2 is 1.80 bits per heavy atom. The lowest BCUT2D eigenvalue weighted by Crippen LogP contribution is -2.33. The third-order valence-corrected chi connectivity index (χ3v) is 6.23. The number of pyridine rings is 1. The summed E-state index contributed by atoms with van der Waals surface area (Å²) in [6, 6.07) is 7.97. The average molecular weight is 359 g/mol. The number of hydrogen-bond donors (Lipinski definition) is 1. The highest BCUT2D eigenvalue weighted by Crippen LogP contribution is 2.41. The number of benzene rings is 1. The quantitative estimate of drug-likeness (QED) is 0.909. The van der Waals surface area contributed by atoms with Crippen LogP contribution in [0.25, 0.3) is 0 Å². The number of nitrogens with one attached hydrogen (secondary N) is 1. The van der Waals surface area contributed by atoms with Crippen LogP contribution in [0.4, 0.5) is 5.69 Å². The van der Waals surface area contributed by atoms with E-state index in [2.05, 4.69) is 9.71 Å². The summed E-state index contributed by atoms with van der Waals surface area (Å²) in [4.78, 5) is 18.0. The zero-order valence-corrected chi connectivity index (χ0v) is 15.5. The summed E-state index contributed by atoms with van der Waals surface area (Å²) in [7, 11) is -2.01. The maximum atomic E-state index is 12.8. The molecule has 1 N–H and O–H groups in total. The Kier molecular flexibility index (Phi) is 4.17. The van der Waals surface area contributed by atoms with Crippen LogP contribution in [0.2, 0.25) is 0 Å². The number of fused-ring (bicyclic) bond motifs is 1. The fourth-order valence-electron chi connectivity index (χ4n) is 3.14. The minimum atomic E-state index is -3.71. The van der Waals surface area contributed by atoms with Crippen LogP contribution in [0.3, 0.4) is 0 Å². The van der Waals surface area contributed by atoms with Crippen molar-refractivity contribution in [2.75, 3.05) is 11.9 Å². The fourth-order valence-corrected chi connectivity index (χ4v) is 4.40. The van der Waals surface area contributed by atoms with Crippen LogP contribution in [-0.4, -0.2) is 26.4 Å². The average Bonchev–Trinajstić information content (AvgIpc) is 2.76. The predicted molar refractivity (Wildman–Crippen MR) is 95.9 cm³/mol. The van der Waals surface area contributed by atoms with Gasteiger partial charge in [0.05, 0.1) is 10.3 Å². The number of amides is 1. The van der Waals surface area contributed by atoms with Gasteiger partial charge in [0, 0.05) is 31.2 Å². The maximum Gasteiger partial charge on any atom is 0.241 e. The molecule has 0 aliphatic carbocycles. The molecule has 0 spiro atoms. The first-order chi connectivity index (χ1) is 11.6. The summed E-state index contributed by atoms with van der Waals surface area (Å²) in [6.45, 7) is 5.39. The molecule has 1 aliphatic rings. The molecule has 3 rings (SSSR count). The van der Waals surface area contributed by atoms with Crippen LogP contribution in [0.1, 0.15) is 37.9 Å². The van der Waals surface area contributed by atoms with Crippen molar-refractivity contribution in [3.63, 3.8) is 0 Å². The summed E-state index contributed by atoms with van der Waals surface area (Å²) in [5.41, 5.74) is 1.55. The highest BCUT2D eigenvalue weighted by molar-refractivity contribution is 7.89. The minimum absolute atomic E-state index is 0.0461. The number of nitrogens with zero attached hydrogens (tertiary/aromatic N) is 2. The molecule has 1 aliphatic heterocycles. The van der Waals surface area contributed by atoms with E-state index in [0.29, 0.717) is 0 Å². The van der Waals surface area contributed by atoms with Crippen molar-refractivity contribution >= 4 is 21.6 Å². The second-order valence-corrected chi connectivity index (χ2v) is 8.51. The molecule has 0 saturated heterocycles. The third kappa shape index (κ3) is 2.94. The van der Waals surface area contributed by atoms with E-state index >= 15 is 0 Å². The molecule has 1 aromatic heterocycles. The number of carbonyl (C=O) groups is 1. The molecule has 1 aromatic carbocycles. The van der Waals surface area contributed by atoms with Crippen molar-refractivity contribution in [2.24, 2.45) is 0 Å². The number of hydrogen-bond acceptors (Lipinski definition) is 4. The van der Waals surface area contributed by atoms with Crippen molar-refractivity contribution in [1.29, 1.82) is 0 Å². The largest absolute Gasteiger partial charge is 0.314 e. The molecule has 6 nitrogen and oxygen atoms in total. The van der Waals surface area contributed by atoms with Crippen LogP contribution in [-0.2, 0) is 20.2 Å². The molecule has 1 atom stereocenters. The van der Waals surface area contributed by atoms with Gasteiger partial charge in [0.15, 0.2) is 0 Å². The fraction of sp³-hybridized carbons (Fsp3) is 0.333. The molecule has 7 heteroatoms. The van der Waals surface area contributed by atoms with Crippen LogP contribution in [0.5, 0.6) is 0 Å². The van der Waals surface area contributed by atoms with Gasteiger partial charge in [-0.1, -0.05) is 0 Å². The van der Waals surface area contributed by atoms with Gasteiger partial charge in [-0.25, -0.2) is 13.1 Å². The summed E-state index contributed by atoms with van der Waals surface area (Å²) in [5, 5.41) is 0. The number of aromatic nitrogens is 1. The lowest BCUT2D eigenvalue weighted by atomic mass is 9.86. The molecule has 0 saturated carbocycles. The van der Waals surface area contributed by atoms with Gasteiger partial charge >= 0.3 is 0 Å². The first-order valence-corrected chi connectivity index (χ1v) is 9.48. The maximum absolute atomic E-state index is 12.8. The van der Waals surface area contributed by atoms with Crippen LogP contribution >= 0.6 is 0 Å². The molecule has 2 aromatic rings. The van der Waals surface area contributed by atoms with E-state index in [4.69, 9.17) is 0 Å². The number of likely N-dealkylation sites (N-methyl/N-ethyl adjacent to an activating group) is 1. The zero-order chi connectivity index (χ0) is 18.4. The first-order valence-electron chi connectivity index (χ1n) is 7.99. The van der Waals surface area contributed by atoms with Crippen molar-refractivity contribution in [1.82, 2.24) is 9.71 Å². The van der Waals surface area contributed by atoms with Gasteiger partial charge in [-0.3, -0.25) is 9.78 Å². The highest BCUT2D eigenvalue weighted by Gasteiger charge is 2.42. The lowest BCUT2D eigenvalue weighted by molar-refractivity contribution is -0.121. The number of rotatable bonds is 4. The van der Waals surface area contributed by atoms with E-state index in [1.165, 1.54) is 6.07 Å². The molecule has 0 radical (unpaired) electrons. The van der Waals surface area contributed by atoms with Crippen molar-refractivity contribution < 1.29 is 13.2 Å². The summed E-state index contributed by atoms with van der Waals surface area (Å²) >= 11 is 0. The van der Waals surface area contributed by atoms with Crippen molar-refractivity contribution in [3.8, 4) is 0 Å². The standard InChI is InChI=1S/C18H21N3O3S/c1-12(13-7-9-19-10-8-13)20-25(23,24)14-5-6-16-15(11-14)18(2,3)17(22)21(16)4/h5-12,20H,1-4H3. The number of carbonyl (C=O) groups excluding carboxylic acids is 1. The Balaban J connectivity index is 1.95. The van der Waals surface area contributed by atoms with Gasteiger partial charge in [0.1, 0.15) is 0 Å². The molecule has 0 bridgehead atoms. The van der Waals surface area contributed by atoms with E-state index in [1.54, 1.807) is 69.4 Å². The second-order valence-electron chi connectivity index (χ2n) is 6.79. The van der Waals surface area contributed by atoms with Crippen LogP contribution < -0.4 is 9.62 Å². The smallest absolute Gasteiger partial charge is 0.241 e. The normalized spacial score (nSPS) is 17.4. The molecule has 1 unspecified atom stereocenters. The Hall–Kier alpha value is -2.25. The SMILES string of the molecule is CC(NS(=O)(=O)c1ccc2c(c1)C(C)(C)C(=O)N2C)c1ccncc1. The van der Waals surface area contributed by atoms with Gasteiger partial charge < -0.3 is 4.90 Å².